The molecule has 112 valence electrons. The van der Waals surface area contributed by atoms with Crippen molar-refractivity contribution in [2.75, 3.05) is 0 Å². The molecule has 2 atom stereocenters. The highest BCUT2D eigenvalue weighted by atomic mass is 32.2. The van der Waals surface area contributed by atoms with Gasteiger partial charge in [0.15, 0.2) is 0 Å². The van der Waals surface area contributed by atoms with Crippen molar-refractivity contribution in [3.63, 3.8) is 0 Å². The van der Waals surface area contributed by atoms with Crippen molar-refractivity contribution in [1.82, 2.24) is 4.41 Å². The van der Waals surface area contributed by atoms with Gasteiger partial charge >= 0.3 is 0 Å². The molecule has 5 heteroatoms. The van der Waals surface area contributed by atoms with Gasteiger partial charge in [-0.3, -0.25) is 0 Å². The highest BCUT2D eigenvalue weighted by molar-refractivity contribution is 7.89. The van der Waals surface area contributed by atoms with Gasteiger partial charge in [-0.05, 0) is 37.3 Å². The van der Waals surface area contributed by atoms with Gasteiger partial charge in [0, 0.05) is 17.8 Å². The first-order valence-corrected chi connectivity index (χ1v) is 8.53. The Labute approximate surface area is 126 Å². The van der Waals surface area contributed by atoms with Crippen molar-refractivity contribution in [2.24, 2.45) is 22.4 Å². The Bertz CT molecular complexity index is 730. The van der Waals surface area contributed by atoms with E-state index in [9.17, 15) is 8.42 Å². The van der Waals surface area contributed by atoms with Gasteiger partial charge in [0.2, 0.25) is 0 Å². The van der Waals surface area contributed by atoms with E-state index in [1.54, 1.807) is 30.5 Å². The SMILES string of the molecule is CC1=NN(S(=O)(=O)c2ccc(C)cc2)C=C[C@H]2[C@@H]1C2(C)C. The van der Waals surface area contributed by atoms with Crippen LogP contribution in [0.5, 0.6) is 0 Å². The molecule has 1 fully saturated rings. The van der Waals surface area contributed by atoms with Crippen molar-refractivity contribution >= 4 is 15.7 Å². The van der Waals surface area contributed by atoms with E-state index in [1.807, 2.05) is 19.9 Å². The van der Waals surface area contributed by atoms with Crippen LogP contribution in [0.25, 0.3) is 0 Å². The Morgan fingerprint density at radius 2 is 1.76 bits per heavy atom. The lowest BCUT2D eigenvalue weighted by molar-refractivity contribution is 0.507. The van der Waals surface area contributed by atoms with Crippen LogP contribution in [-0.2, 0) is 10.0 Å². The Hall–Kier alpha value is -1.62. The number of benzene rings is 1. The summed E-state index contributed by atoms with van der Waals surface area (Å²) in [6.07, 6.45) is 3.56. The minimum Gasteiger partial charge on any atom is -0.199 e. The average molecular weight is 304 g/mol. The molecule has 0 N–H and O–H groups in total. The first-order chi connectivity index (χ1) is 9.74. The minimum atomic E-state index is -3.62. The van der Waals surface area contributed by atoms with E-state index in [2.05, 4.69) is 18.9 Å². The van der Waals surface area contributed by atoms with Gasteiger partial charge in [-0.2, -0.15) is 17.9 Å². The maximum atomic E-state index is 12.6. The molecular formula is C16H20N2O2S. The lowest BCUT2D eigenvalue weighted by Crippen LogP contribution is -2.22. The first kappa shape index (κ1) is 14.3. The molecule has 4 nitrogen and oxygen atoms in total. The van der Waals surface area contributed by atoms with E-state index in [-0.39, 0.29) is 10.3 Å². The van der Waals surface area contributed by atoms with Crippen molar-refractivity contribution in [2.45, 2.75) is 32.6 Å². The van der Waals surface area contributed by atoms with Gasteiger partial charge in [-0.15, -0.1) is 0 Å². The summed E-state index contributed by atoms with van der Waals surface area (Å²) in [6, 6.07) is 6.84. The van der Waals surface area contributed by atoms with E-state index >= 15 is 0 Å². The molecule has 1 heterocycles. The number of hydrogen-bond acceptors (Lipinski definition) is 3. The topological polar surface area (TPSA) is 49.7 Å². The fourth-order valence-corrected chi connectivity index (χ4v) is 4.37. The van der Waals surface area contributed by atoms with E-state index < -0.39 is 10.0 Å². The van der Waals surface area contributed by atoms with Crippen molar-refractivity contribution in [3.8, 4) is 0 Å². The number of hydrazone groups is 1. The number of hydrogen-bond donors (Lipinski definition) is 0. The van der Waals surface area contributed by atoms with E-state index in [0.29, 0.717) is 11.8 Å². The summed E-state index contributed by atoms with van der Waals surface area (Å²) in [6.45, 7) is 8.23. The second kappa shape index (κ2) is 4.44. The molecule has 1 saturated carbocycles. The first-order valence-electron chi connectivity index (χ1n) is 7.09. The zero-order valence-electron chi connectivity index (χ0n) is 12.7. The van der Waals surface area contributed by atoms with Crippen LogP contribution in [0, 0.1) is 24.2 Å². The largest absolute Gasteiger partial charge is 0.282 e. The van der Waals surface area contributed by atoms with Crippen molar-refractivity contribution in [1.29, 1.82) is 0 Å². The summed E-state index contributed by atoms with van der Waals surface area (Å²) < 4.78 is 26.4. The maximum absolute atomic E-state index is 12.6. The molecule has 2 aliphatic rings. The second-order valence-corrected chi connectivity index (χ2v) is 8.29. The fourth-order valence-electron chi connectivity index (χ4n) is 3.20. The third-order valence-corrected chi connectivity index (χ3v) is 6.17. The molecule has 1 aromatic carbocycles. The Kier molecular flexibility index (Phi) is 3.03. The predicted molar refractivity (Wildman–Crippen MR) is 83.2 cm³/mol. The molecule has 0 spiro atoms. The van der Waals surface area contributed by atoms with Crippen LogP contribution >= 0.6 is 0 Å². The number of fused-ring (bicyclic) bond motifs is 1. The van der Waals surface area contributed by atoms with Crippen LogP contribution < -0.4 is 0 Å². The predicted octanol–water partition coefficient (Wildman–Crippen LogP) is 3.16. The van der Waals surface area contributed by atoms with Gasteiger partial charge in [-0.25, -0.2) is 0 Å². The van der Waals surface area contributed by atoms with Gasteiger partial charge in [0.1, 0.15) is 0 Å². The van der Waals surface area contributed by atoms with E-state index in [4.69, 9.17) is 0 Å². The molecule has 0 radical (unpaired) electrons. The maximum Gasteiger partial charge on any atom is 0.282 e. The molecule has 0 amide bonds. The summed E-state index contributed by atoms with van der Waals surface area (Å²) in [4.78, 5) is 0.268. The van der Waals surface area contributed by atoms with Crippen LogP contribution in [0.2, 0.25) is 0 Å². The smallest absolute Gasteiger partial charge is 0.199 e. The summed E-state index contributed by atoms with van der Waals surface area (Å²) >= 11 is 0. The zero-order chi connectivity index (χ0) is 15.4. The van der Waals surface area contributed by atoms with Gasteiger partial charge in [0.25, 0.3) is 10.0 Å². The van der Waals surface area contributed by atoms with Crippen molar-refractivity contribution in [3.05, 3.63) is 42.1 Å². The number of rotatable bonds is 2. The molecule has 1 aromatic rings. The highest BCUT2D eigenvalue weighted by Crippen LogP contribution is 2.60. The van der Waals surface area contributed by atoms with Gasteiger partial charge in [-0.1, -0.05) is 37.6 Å². The molecule has 1 aliphatic carbocycles. The lowest BCUT2D eigenvalue weighted by Gasteiger charge is -2.16. The van der Waals surface area contributed by atoms with Gasteiger partial charge < -0.3 is 0 Å². The summed E-state index contributed by atoms with van der Waals surface area (Å²) in [5, 5.41) is 4.34. The number of nitrogens with zero attached hydrogens (tertiary/aromatic N) is 2. The molecule has 1 aliphatic heterocycles. The van der Waals surface area contributed by atoms with Crippen LogP contribution in [0.4, 0.5) is 0 Å². The van der Waals surface area contributed by atoms with Crippen LogP contribution in [-0.4, -0.2) is 18.5 Å². The van der Waals surface area contributed by atoms with Crippen LogP contribution in [0.15, 0.2) is 46.5 Å². The van der Waals surface area contributed by atoms with Crippen LogP contribution in [0.3, 0.4) is 0 Å². The van der Waals surface area contributed by atoms with Crippen molar-refractivity contribution < 1.29 is 8.42 Å². The lowest BCUT2D eigenvalue weighted by atomic mass is 10.1. The molecule has 0 aromatic heterocycles. The second-order valence-electron chi connectivity index (χ2n) is 6.50. The summed E-state index contributed by atoms with van der Waals surface area (Å²) in [5.41, 5.74) is 2.10. The molecule has 0 saturated heterocycles. The summed E-state index contributed by atoms with van der Waals surface area (Å²) in [7, 11) is -3.62. The number of allylic oxidation sites excluding steroid dienone is 1. The van der Waals surface area contributed by atoms with E-state index in [0.717, 1.165) is 15.7 Å². The Morgan fingerprint density at radius 1 is 1.14 bits per heavy atom. The average Bonchev–Trinajstić information content (AvgIpc) is 3.02. The van der Waals surface area contributed by atoms with E-state index in [1.165, 1.54) is 0 Å². The van der Waals surface area contributed by atoms with Gasteiger partial charge in [0.05, 0.1) is 4.90 Å². The molecule has 0 unspecified atom stereocenters. The molecule has 3 rings (SSSR count). The Morgan fingerprint density at radius 3 is 2.38 bits per heavy atom. The standard InChI is InChI=1S/C16H20N2O2S/c1-11-5-7-13(8-6-11)21(19,20)18-10-9-14-15(12(2)17-18)16(14,3)4/h5-10,14-15H,1-4H3/t14-,15+/m0/s1. The zero-order valence-corrected chi connectivity index (χ0v) is 13.6. The molecule has 21 heavy (non-hydrogen) atoms. The normalized spacial score (nSPS) is 26.9. The van der Waals surface area contributed by atoms with Crippen LogP contribution in [0.1, 0.15) is 26.3 Å². The molecular weight excluding hydrogens is 284 g/mol. The molecule has 0 bridgehead atoms. The monoisotopic (exact) mass is 304 g/mol. The third-order valence-electron chi connectivity index (χ3n) is 4.60. The fraction of sp³-hybridized carbons (Fsp3) is 0.438. The highest BCUT2D eigenvalue weighted by Gasteiger charge is 2.58. The quantitative estimate of drug-likeness (QED) is 0.842. The minimum absolute atomic E-state index is 0.184. The number of aryl methyl sites for hydroxylation is 1. The summed E-state index contributed by atoms with van der Waals surface area (Å²) in [5.74, 6) is 0.714. The number of sulfonamides is 1. The Balaban J connectivity index is 1.96. The third kappa shape index (κ3) is 2.20.